The molecule has 0 bridgehead atoms. The number of nitrogens with zero attached hydrogens (tertiary/aromatic N) is 2. The van der Waals surface area contributed by atoms with Crippen LogP contribution >= 0.6 is 0 Å². The largest absolute Gasteiger partial charge is 0.492 e. The van der Waals surface area contributed by atoms with Gasteiger partial charge in [-0.2, -0.15) is 13.2 Å². The first-order chi connectivity index (χ1) is 18.5. The summed E-state index contributed by atoms with van der Waals surface area (Å²) in [4.78, 5) is 6.32. The number of nitrogens with two attached hydrogens (primary N) is 1. The molecule has 2 rings (SSSR count). The Kier molecular flexibility index (Phi) is 14.4. The van der Waals surface area contributed by atoms with Crippen molar-refractivity contribution in [2.45, 2.75) is 57.2 Å². The summed E-state index contributed by atoms with van der Waals surface area (Å²) in [5, 5.41) is 23.5. The predicted octanol–water partition coefficient (Wildman–Crippen LogP) is 1.49. The van der Waals surface area contributed by atoms with Crippen molar-refractivity contribution in [1.82, 2.24) is 10.2 Å². The van der Waals surface area contributed by atoms with Gasteiger partial charge < -0.3 is 45.1 Å². The van der Waals surface area contributed by atoms with Crippen molar-refractivity contribution in [3.05, 3.63) is 35.8 Å². The molecule has 0 radical (unpaired) electrons. The average molecular weight is 565 g/mol. The molecule has 0 saturated carbocycles. The Labute approximate surface area is 228 Å². The molecule has 2 aliphatic heterocycles. The molecule has 0 unspecified atom stereocenters. The molecule has 0 spiro atoms. The number of aliphatic hydroxyl groups is 2. The van der Waals surface area contributed by atoms with Crippen LogP contribution in [-0.4, -0.2) is 117 Å². The smallest absolute Gasteiger partial charge is 0.431 e. The number of aliphatic hydroxyl groups excluding tert-OH is 2. The molecule has 39 heavy (non-hydrogen) atoms. The Bertz CT molecular complexity index is 852. The van der Waals surface area contributed by atoms with Gasteiger partial charge in [-0.3, -0.25) is 4.99 Å². The predicted molar refractivity (Wildman–Crippen MR) is 141 cm³/mol. The summed E-state index contributed by atoms with van der Waals surface area (Å²) in [6.45, 7) is 10.6. The third kappa shape index (κ3) is 12.4. The van der Waals surface area contributed by atoms with E-state index in [1.165, 1.54) is 12.5 Å². The normalized spacial score (nSPS) is 25.7. The number of allylic oxidation sites excluding steroid dienone is 2. The van der Waals surface area contributed by atoms with Crippen molar-refractivity contribution in [2.75, 3.05) is 65.8 Å². The van der Waals surface area contributed by atoms with Crippen molar-refractivity contribution in [3.63, 3.8) is 0 Å². The highest BCUT2D eigenvalue weighted by molar-refractivity contribution is 5.81. The molecule has 13 heteroatoms. The maximum absolute atomic E-state index is 13.6. The van der Waals surface area contributed by atoms with Gasteiger partial charge in [0.2, 0.25) is 0 Å². The number of nitrogens with one attached hydrogen (secondary N) is 1. The van der Waals surface area contributed by atoms with Gasteiger partial charge in [0.05, 0.1) is 45.0 Å². The highest BCUT2D eigenvalue weighted by Crippen LogP contribution is 2.25. The summed E-state index contributed by atoms with van der Waals surface area (Å²) < 4.78 is 62.3. The van der Waals surface area contributed by atoms with E-state index in [-0.39, 0.29) is 31.4 Å². The number of alkyl halides is 3. The molecular formula is C26H43F3N4O6. The van der Waals surface area contributed by atoms with E-state index in [2.05, 4.69) is 34.8 Å². The Morgan fingerprint density at radius 1 is 1.21 bits per heavy atom. The van der Waals surface area contributed by atoms with Crippen LogP contribution in [0.25, 0.3) is 0 Å². The molecule has 10 nitrogen and oxygen atoms in total. The first kappa shape index (κ1) is 33.2. The van der Waals surface area contributed by atoms with E-state index >= 15 is 0 Å². The summed E-state index contributed by atoms with van der Waals surface area (Å²) in [7, 11) is 0. The van der Waals surface area contributed by atoms with Gasteiger partial charge >= 0.3 is 6.18 Å². The molecule has 0 amide bonds. The number of halogens is 3. The van der Waals surface area contributed by atoms with Gasteiger partial charge in [-0.25, -0.2) is 0 Å². The van der Waals surface area contributed by atoms with Crippen LogP contribution in [0.1, 0.15) is 26.7 Å². The lowest BCUT2D eigenvalue weighted by Crippen LogP contribution is -2.56. The molecular weight excluding hydrogens is 521 g/mol. The Morgan fingerprint density at radius 3 is 2.59 bits per heavy atom. The molecule has 1 saturated heterocycles. The molecule has 5 N–H and O–H groups in total. The van der Waals surface area contributed by atoms with E-state index in [0.29, 0.717) is 32.9 Å². The van der Waals surface area contributed by atoms with E-state index in [1.807, 2.05) is 0 Å². The topological polar surface area (TPSA) is 131 Å². The second-order valence-electron chi connectivity index (χ2n) is 9.53. The molecule has 2 heterocycles. The van der Waals surface area contributed by atoms with Crippen LogP contribution in [0.15, 0.2) is 40.8 Å². The van der Waals surface area contributed by atoms with Gasteiger partial charge in [-0.05, 0) is 26.7 Å². The van der Waals surface area contributed by atoms with E-state index in [4.69, 9.17) is 24.7 Å². The molecule has 0 aromatic rings. The van der Waals surface area contributed by atoms with E-state index in [0.717, 1.165) is 32.0 Å². The minimum atomic E-state index is -4.74. The van der Waals surface area contributed by atoms with Gasteiger partial charge in [-0.1, -0.05) is 18.2 Å². The van der Waals surface area contributed by atoms with Crippen LogP contribution in [0.5, 0.6) is 0 Å². The first-order valence-electron chi connectivity index (χ1n) is 13.1. The summed E-state index contributed by atoms with van der Waals surface area (Å²) in [5.41, 5.74) is 5.48. The molecule has 4 atom stereocenters. The van der Waals surface area contributed by atoms with Crippen molar-refractivity contribution < 1.29 is 42.3 Å². The molecule has 0 aromatic heterocycles. The quantitative estimate of drug-likeness (QED) is 0.0619. The molecule has 1 fully saturated rings. The zero-order valence-corrected chi connectivity index (χ0v) is 22.8. The number of rotatable bonds is 14. The zero-order valence-electron chi connectivity index (χ0n) is 22.8. The van der Waals surface area contributed by atoms with Crippen LogP contribution < -0.4 is 11.1 Å². The maximum Gasteiger partial charge on any atom is 0.431 e. The molecule has 0 aromatic carbocycles. The lowest BCUT2D eigenvalue weighted by Gasteiger charge is -2.38. The number of hydrogen-bond acceptors (Lipinski definition) is 9. The number of hydrogen-bond donors (Lipinski definition) is 4. The van der Waals surface area contributed by atoms with Crippen molar-refractivity contribution >= 4 is 5.84 Å². The van der Waals surface area contributed by atoms with Crippen LogP contribution in [0.2, 0.25) is 0 Å². The average Bonchev–Trinajstić information content (AvgIpc) is 3.08. The fourth-order valence-corrected chi connectivity index (χ4v) is 4.12. The zero-order chi connectivity index (χ0) is 28.8. The van der Waals surface area contributed by atoms with E-state index in [9.17, 15) is 23.4 Å². The van der Waals surface area contributed by atoms with Gasteiger partial charge in [0, 0.05) is 32.3 Å². The number of ether oxygens (including phenoxy) is 4. The monoisotopic (exact) mass is 564 g/mol. The van der Waals surface area contributed by atoms with Crippen molar-refractivity contribution in [1.29, 1.82) is 0 Å². The lowest BCUT2D eigenvalue weighted by molar-refractivity contribution is -0.149. The lowest BCUT2D eigenvalue weighted by atomic mass is 9.98. The fourth-order valence-electron chi connectivity index (χ4n) is 4.12. The van der Waals surface area contributed by atoms with Crippen LogP contribution in [0.3, 0.4) is 0 Å². The molecule has 2 aliphatic rings. The standard InChI is InChI=1S/C26H43F3N4O6/c1-18-5-4-8-33(9-6-18)16-22-25(35)24(34)21(17-39-22)31-20(3)32-23(26(27,28)29)15-19(2)38-14-13-37-12-11-36-10-7-30/h5,15,21-22,24-25,34-35H,2,4,6-14,16-17,30H2,1,3H3,(H,31,32)/b23-15-/t21-,22+,24+,25-/m0/s1. The van der Waals surface area contributed by atoms with Gasteiger partial charge in [0.15, 0.2) is 0 Å². The minimum absolute atomic E-state index is 0.00262. The maximum atomic E-state index is 13.6. The van der Waals surface area contributed by atoms with Gasteiger partial charge in [0.1, 0.15) is 36.3 Å². The van der Waals surface area contributed by atoms with E-state index < -0.39 is 36.2 Å². The minimum Gasteiger partial charge on any atom is -0.492 e. The summed E-state index contributed by atoms with van der Waals surface area (Å²) >= 11 is 0. The fraction of sp³-hybridized carbons (Fsp3) is 0.731. The Morgan fingerprint density at radius 2 is 1.90 bits per heavy atom. The SMILES string of the molecule is C=C(/C=C(\NC(C)=N[C@H]1CO[C@H](CN2CCC=C(C)CC2)[C@H](O)[C@@H]1O)C(F)(F)F)OCCOCCOCCN. The summed E-state index contributed by atoms with van der Waals surface area (Å²) in [6.07, 6.45) is -3.13. The first-order valence-corrected chi connectivity index (χ1v) is 13.1. The second kappa shape index (κ2) is 17.0. The van der Waals surface area contributed by atoms with Crippen LogP contribution in [0, 0.1) is 0 Å². The third-order valence-corrected chi connectivity index (χ3v) is 6.24. The number of amidine groups is 1. The van der Waals surface area contributed by atoms with Crippen LogP contribution in [0.4, 0.5) is 13.2 Å². The highest BCUT2D eigenvalue weighted by atomic mass is 19.4. The van der Waals surface area contributed by atoms with E-state index in [1.54, 1.807) is 0 Å². The Balaban J connectivity index is 1.87. The van der Waals surface area contributed by atoms with Gasteiger partial charge in [-0.15, -0.1) is 0 Å². The summed E-state index contributed by atoms with van der Waals surface area (Å²) in [6, 6.07) is -0.934. The molecule has 0 aliphatic carbocycles. The summed E-state index contributed by atoms with van der Waals surface area (Å²) in [5.74, 6) is -0.330. The molecule has 224 valence electrons. The van der Waals surface area contributed by atoms with Crippen molar-refractivity contribution in [2.24, 2.45) is 10.7 Å². The highest BCUT2D eigenvalue weighted by Gasteiger charge is 2.40. The third-order valence-electron chi connectivity index (χ3n) is 6.24. The Hall–Kier alpha value is -2.00. The van der Waals surface area contributed by atoms with Crippen LogP contribution in [-0.2, 0) is 18.9 Å². The number of aliphatic imine (C=N–C) groups is 1. The second-order valence-corrected chi connectivity index (χ2v) is 9.53. The van der Waals surface area contributed by atoms with Crippen molar-refractivity contribution in [3.8, 4) is 0 Å². The van der Waals surface area contributed by atoms with Gasteiger partial charge in [0.25, 0.3) is 0 Å².